The molecule has 3 aromatic rings. The summed E-state index contributed by atoms with van der Waals surface area (Å²) in [6.45, 7) is 8.01. The highest BCUT2D eigenvalue weighted by Crippen LogP contribution is 2.41. The van der Waals surface area contributed by atoms with Gasteiger partial charge in [0.05, 0.1) is 41.1 Å². The molecule has 2 atom stereocenters. The van der Waals surface area contributed by atoms with Crippen LogP contribution in [0.3, 0.4) is 0 Å². The Morgan fingerprint density at radius 3 is 2.08 bits per heavy atom. The molecule has 1 aromatic heterocycles. The molecule has 3 heterocycles. The van der Waals surface area contributed by atoms with Crippen LogP contribution in [0.1, 0.15) is 43.0 Å². The van der Waals surface area contributed by atoms with Crippen LogP contribution in [0.4, 0.5) is 42.2 Å². The van der Waals surface area contributed by atoms with Crippen molar-refractivity contribution in [2.24, 2.45) is 0 Å². The van der Waals surface area contributed by atoms with E-state index >= 15 is 0 Å². The zero-order chi connectivity index (χ0) is 36.9. The molecular formula is C35H38F7N5O3. The van der Waals surface area contributed by atoms with Gasteiger partial charge in [-0.05, 0) is 73.9 Å². The molecule has 0 saturated carbocycles. The second-order valence-electron chi connectivity index (χ2n) is 13.4. The standard InChI is InChI=1S/C35H38F7N5O3/c1-20-10-25(36)6-7-28(20)29-14-31(47-18-26-16-45(21(2)49)8-9-46(26)17-27(47)19-48)43-15-30(29)44(5)32(50)33(3,4)22-11-23(34(37,38)39)13-24(12-22)35(40,41)42/h6-7,10-15,26-27,48H,8-9,16-19H2,1-5H3/t26?,27-/m1/s1. The van der Waals surface area contributed by atoms with E-state index in [1.54, 1.807) is 17.9 Å². The first-order valence-electron chi connectivity index (χ1n) is 15.9. The van der Waals surface area contributed by atoms with Gasteiger partial charge in [0.15, 0.2) is 0 Å². The lowest BCUT2D eigenvalue weighted by Crippen LogP contribution is -2.66. The zero-order valence-electron chi connectivity index (χ0n) is 28.2. The smallest absolute Gasteiger partial charge is 0.394 e. The Morgan fingerprint density at radius 2 is 1.52 bits per heavy atom. The summed E-state index contributed by atoms with van der Waals surface area (Å²) in [6.07, 6.45) is -8.83. The van der Waals surface area contributed by atoms with Gasteiger partial charge in [-0.1, -0.05) is 6.07 Å². The molecule has 5 rings (SSSR count). The summed E-state index contributed by atoms with van der Waals surface area (Å²) in [6, 6.07) is 6.35. The molecule has 0 aliphatic carbocycles. The number of nitrogens with zero attached hydrogens (tertiary/aromatic N) is 5. The molecule has 270 valence electrons. The van der Waals surface area contributed by atoms with E-state index in [0.29, 0.717) is 67.4 Å². The third-order valence-corrected chi connectivity index (χ3v) is 9.71. The van der Waals surface area contributed by atoms with Crippen LogP contribution in [0, 0.1) is 12.7 Å². The molecule has 0 radical (unpaired) electrons. The SMILES string of the molecule is CC(=O)N1CCN2C[C@H](CO)N(c3cc(-c4ccc(F)cc4C)c(N(C)C(=O)C(C)(C)c4cc(C(F)(F)F)cc(C(F)(F)F)c4)cn3)CC2C1. The van der Waals surface area contributed by atoms with E-state index in [1.807, 2.05) is 4.90 Å². The summed E-state index contributed by atoms with van der Waals surface area (Å²) in [5.41, 5.74) is -3.90. The average molecular weight is 710 g/mol. The van der Waals surface area contributed by atoms with E-state index in [0.717, 1.165) is 4.90 Å². The summed E-state index contributed by atoms with van der Waals surface area (Å²) in [4.78, 5) is 37.9. The van der Waals surface area contributed by atoms with E-state index in [2.05, 4.69) is 9.88 Å². The molecule has 2 aromatic carbocycles. The second-order valence-corrected chi connectivity index (χ2v) is 13.4. The Balaban J connectivity index is 1.58. The van der Waals surface area contributed by atoms with Gasteiger partial charge in [-0.3, -0.25) is 14.5 Å². The van der Waals surface area contributed by atoms with Gasteiger partial charge in [0.25, 0.3) is 0 Å². The van der Waals surface area contributed by atoms with E-state index in [-0.39, 0.29) is 36.4 Å². The van der Waals surface area contributed by atoms with E-state index < -0.39 is 46.2 Å². The number of carbonyl (C=O) groups is 2. The van der Waals surface area contributed by atoms with Gasteiger partial charge in [-0.25, -0.2) is 9.37 Å². The molecular weight excluding hydrogens is 671 g/mol. The normalized spacial score (nSPS) is 19.0. The largest absolute Gasteiger partial charge is 0.416 e. The number of piperazine rings is 2. The number of likely N-dealkylation sites (N-methyl/N-ethyl adjacent to an activating group) is 1. The minimum atomic E-state index is -5.10. The Bertz CT molecular complexity index is 1750. The minimum Gasteiger partial charge on any atom is -0.394 e. The maximum atomic E-state index is 14.2. The van der Waals surface area contributed by atoms with Gasteiger partial charge in [0, 0.05) is 58.3 Å². The molecule has 1 unspecified atom stereocenters. The minimum absolute atomic E-state index is 0.0102. The van der Waals surface area contributed by atoms with Gasteiger partial charge >= 0.3 is 12.4 Å². The number of aliphatic hydroxyl groups excluding tert-OH is 1. The molecule has 1 N–H and O–H groups in total. The van der Waals surface area contributed by atoms with Crippen molar-refractivity contribution in [1.29, 1.82) is 0 Å². The van der Waals surface area contributed by atoms with Crippen molar-refractivity contribution in [2.45, 2.75) is 57.5 Å². The van der Waals surface area contributed by atoms with Crippen LogP contribution < -0.4 is 9.80 Å². The molecule has 2 saturated heterocycles. The summed E-state index contributed by atoms with van der Waals surface area (Å²) in [5.74, 6) is -0.971. The number of hydrogen-bond acceptors (Lipinski definition) is 6. The topological polar surface area (TPSA) is 80.2 Å². The van der Waals surface area contributed by atoms with Crippen LogP contribution in [0.15, 0.2) is 48.7 Å². The first-order valence-corrected chi connectivity index (χ1v) is 15.9. The summed E-state index contributed by atoms with van der Waals surface area (Å²) in [5, 5.41) is 10.4. The van der Waals surface area contributed by atoms with E-state index in [4.69, 9.17) is 0 Å². The van der Waals surface area contributed by atoms with Gasteiger partial charge in [-0.15, -0.1) is 0 Å². The highest BCUT2D eigenvalue weighted by atomic mass is 19.4. The lowest BCUT2D eigenvalue weighted by atomic mass is 9.81. The fraction of sp³-hybridized carbons (Fsp3) is 0.457. The maximum Gasteiger partial charge on any atom is 0.416 e. The third-order valence-electron chi connectivity index (χ3n) is 9.71. The number of hydrogen-bond donors (Lipinski definition) is 1. The maximum absolute atomic E-state index is 14.2. The Labute approximate surface area is 285 Å². The van der Waals surface area contributed by atoms with Crippen molar-refractivity contribution in [3.05, 3.63) is 76.7 Å². The van der Waals surface area contributed by atoms with Gasteiger partial charge in [-0.2, -0.15) is 26.3 Å². The number of alkyl halides is 6. The highest BCUT2D eigenvalue weighted by molar-refractivity contribution is 6.03. The Hall–Kier alpha value is -4.24. The van der Waals surface area contributed by atoms with Gasteiger partial charge < -0.3 is 19.8 Å². The molecule has 50 heavy (non-hydrogen) atoms. The molecule has 0 bridgehead atoms. The van der Waals surface area contributed by atoms with Crippen molar-refractivity contribution >= 4 is 23.3 Å². The van der Waals surface area contributed by atoms with Crippen LogP contribution in [0.5, 0.6) is 0 Å². The number of fused-ring (bicyclic) bond motifs is 1. The monoisotopic (exact) mass is 709 g/mol. The number of aliphatic hydroxyl groups is 1. The second kappa shape index (κ2) is 13.5. The van der Waals surface area contributed by atoms with Crippen LogP contribution in [-0.2, 0) is 27.4 Å². The van der Waals surface area contributed by atoms with Crippen molar-refractivity contribution in [3.8, 4) is 11.1 Å². The molecule has 2 aliphatic heterocycles. The number of benzene rings is 2. The summed E-state index contributed by atoms with van der Waals surface area (Å²) >= 11 is 0. The summed E-state index contributed by atoms with van der Waals surface area (Å²) < 4.78 is 96.5. The molecule has 8 nitrogen and oxygen atoms in total. The number of aryl methyl sites for hydroxylation is 1. The molecule has 15 heteroatoms. The van der Waals surface area contributed by atoms with Gasteiger partial charge in [0.1, 0.15) is 11.6 Å². The number of halogens is 7. The third kappa shape index (κ3) is 7.29. The lowest BCUT2D eigenvalue weighted by Gasteiger charge is -2.50. The van der Waals surface area contributed by atoms with Crippen LogP contribution in [0.25, 0.3) is 11.1 Å². The number of pyridine rings is 1. The number of carbonyl (C=O) groups excluding carboxylic acids is 2. The predicted molar refractivity (Wildman–Crippen MR) is 173 cm³/mol. The van der Waals surface area contributed by atoms with E-state index in [9.17, 15) is 45.4 Å². The predicted octanol–water partition coefficient (Wildman–Crippen LogP) is 5.89. The summed E-state index contributed by atoms with van der Waals surface area (Å²) in [7, 11) is 1.34. The molecule has 2 aliphatic rings. The average Bonchev–Trinajstić information content (AvgIpc) is 3.05. The van der Waals surface area contributed by atoms with Crippen LogP contribution in [-0.4, -0.2) is 90.2 Å². The molecule has 0 spiro atoms. The number of amides is 2. The number of rotatable bonds is 6. The van der Waals surface area contributed by atoms with Crippen LogP contribution in [0.2, 0.25) is 0 Å². The van der Waals surface area contributed by atoms with Crippen molar-refractivity contribution in [3.63, 3.8) is 0 Å². The Morgan fingerprint density at radius 1 is 0.900 bits per heavy atom. The number of anilines is 2. The fourth-order valence-corrected chi connectivity index (χ4v) is 6.75. The first kappa shape index (κ1) is 37.0. The first-order chi connectivity index (χ1) is 23.2. The number of aromatic nitrogens is 1. The lowest BCUT2D eigenvalue weighted by molar-refractivity contribution is -0.143. The van der Waals surface area contributed by atoms with E-state index in [1.165, 1.54) is 52.2 Å². The van der Waals surface area contributed by atoms with Crippen molar-refractivity contribution in [2.75, 3.05) is 56.2 Å². The van der Waals surface area contributed by atoms with Gasteiger partial charge in [0.2, 0.25) is 11.8 Å². The highest BCUT2D eigenvalue weighted by Gasteiger charge is 2.42. The molecule has 2 fully saturated rings. The van der Waals surface area contributed by atoms with Crippen LogP contribution >= 0.6 is 0 Å². The Kier molecular flexibility index (Phi) is 9.98. The van der Waals surface area contributed by atoms with Crippen molar-refractivity contribution in [1.82, 2.24) is 14.8 Å². The molecule has 2 amide bonds. The fourth-order valence-electron chi connectivity index (χ4n) is 6.75. The van der Waals surface area contributed by atoms with Crippen molar-refractivity contribution < 1.29 is 45.4 Å². The quantitative estimate of drug-likeness (QED) is 0.322. The zero-order valence-corrected chi connectivity index (χ0v) is 28.2.